The molecule has 0 aliphatic heterocycles. The predicted molar refractivity (Wildman–Crippen MR) is 131 cm³/mol. The van der Waals surface area contributed by atoms with Crippen molar-refractivity contribution in [1.82, 2.24) is 10.3 Å². The smallest absolute Gasteiger partial charge is 0.246 e. The third kappa shape index (κ3) is 5.28. The molecule has 0 radical (unpaired) electrons. The largest absolute Gasteiger partial charge is 0.324 e. The van der Waals surface area contributed by atoms with Crippen LogP contribution >= 0.6 is 22.7 Å². The maximum atomic E-state index is 13.2. The van der Waals surface area contributed by atoms with Crippen LogP contribution in [0.3, 0.4) is 0 Å². The Labute approximate surface area is 191 Å². The molecule has 0 aliphatic rings. The quantitative estimate of drug-likeness (QED) is 0.351. The first-order chi connectivity index (χ1) is 15.0. The fraction of sp³-hybridized carbons (Fsp3) is 0.200. The molecule has 0 bridgehead atoms. The molecule has 4 rings (SSSR count). The number of rotatable bonds is 7. The molecule has 2 heterocycles. The maximum absolute atomic E-state index is 13.2. The highest BCUT2D eigenvalue weighted by molar-refractivity contribution is 7.16. The summed E-state index contributed by atoms with van der Waals surface area (Å²) in [4.78, 5) is 20.1. The lowest BCUT2D eigenvalue weighted by molar-refractivity contribution is -0.118. The van der Waals surface area contributed by atoms with E-state index in [1.807, 2.05) is 63.2 Å². The summed E-state index contributed by atoms with van der Waals surface area (Å²) >= 11 is 3.36. The third-order valence-electron chi connectivity index (χ3n) is 5.06. The summed E-state index contributed by atoms with van der Waals surface area (Å²) in [5, 5.41) is 9.72. The minimum Gasteiger partial charge on any atom is -0.324 e. The van der Waals surface area contributed by atoms with E-state index in [1.165, 1.54) is 4.88 Å². The lowest BCUT2D eigenvalue weighted by Gasteiger charge is -2.19. The van der Waals surface area contributed by atoms with Crippen molar-refractivity contribution in [2.45, 2.75) is 33.4 Å². The van der Waals surface area contributed by atoms with Crippen molar-refractivity contribution in [2.75, 3.05) is 5.32 Å². The van der Waals surface area contributed by atoms with Gasteiger partial charge in [0.25, 0.3) is 0 Å². The Morgan fingerprint density at radius 3 is 2.58 bits per heavy atom. The molecule has 4 nitrogen and oxygen atoms in total. The normalized spacial score (nSPS) is 12.0. The van der Waals surface area contributed by atoms with E-state index in [2.05, 4.69) is 39.2 Å². The molecule has 0 saturated heterocycles. The number of hydrogen-bond donors (Lipinski definition) is 2. The lowest BCUT2D eigenvalue weighted by atomic mass is 10.1. The van der Waals surface area contributed by atoms with Crippen molar-refractivity contribution in [1.29, 1.82) is 0 Å². The number of nitrogens with one attached hydrogen (secondary N) is 2. The maximum Gasteiger partial charge on any atom is 0.246 e. The minimum absolute atomic E-state index is 0.0631. The van der Waals surface area contributed by atoms with Gasteiger partial charge in [-0.05, 0) is 55.7 Å². The van der Waals surface area contributed by atoms with Gasteiger partial charge in [0.15, 0.2) is 0 Å². The summed E-state index contributed by atoms with van der Waals surface area (Å²) in [5.74, 6) is -0.0631. The average Bonchev–Trinajstić information content (AvgIpc) is 3.41. The van der Waals surface area contributed by atoms with Crippen LogP contribution < -0.4 is 10.6 Å². The molecule has 0 spiro atoms. The summed E-state index contributed by atoms with van der Waals surface area (Å²) in [7, 11) is 0. The number of thiophene rings is 1. The first kappa shape index (κ1) is 21.4. The topological polar surface area (TPSA) is 54.0 Å². The van der Waals surface area contributed by atoms with Crippen molar-refractivity contribution in [3.05, 3.63) is 92.6 Å². The summed E-state index contributed by atoms with van der Waals surface area (Å²) < 4.78 is 0. The summed E-state index contributed by atoms with van der Waals surface area (Å²) in [5.41, 5.74) is 4.98. The van der Waals surface area contributed by atoms with Crippen molar-refractivity contribution >= 4 is 34.3 Å². The van der Waals surface area contributed by atoms with Gasteiger partial charge < -0.3 is 5.32 Å². The van der Waals surface area contributed by atoms with Gasteiger partial charge in [-0.25, -0.2) is 4.98 Å². The molecule has 158 valence electrons. The van der Waals surface area contributed by atoms with Crippen LogP contribution in [0.1, 0.15) is 32.6 Å². The second-order valence-corrected chi connectivity index (χ2v) is 9.78. The van der Waals surface area contributed by atoms with E-state index in [9.17, 15) is 4.79 Å². The fourth-order valence-corrected chi connectivity index (χ4v) is 4.98. The molecule has 1 atom stereocenters. The van der Waals surface area contributed by atoms with Crippen molar-refractivity contribution in [2.24, 2.45) is 0 Å². The Morgan fingerprint density at radius 2 is 1.84 bits per heavy atom. The summed E-state index contributed by atoms with van der Waals surface area (Å²) in [6.07, 6.45) is 0. The Hall–Kier alpha value is -2.80. The van der Waals surface area contributed by atoms with Gasteiger partial charge in [-0.15, -0.1) is 22.7 Å². The van der Waals surface area contributed by atoms with Gasteiger partial charge >= 0.3 is 0 Å². The minimum atomic E-state index is -0.451. The van der Waals surface area contributed by atoms with E-state index >= 15 is 0 Å². The van der Waals surface area contributed by atoms with Gasteiger partial charge in [-0.2, -0.15) is 0 Å². The molecule has 4 aromatic rings. The molecule has 6 heteroatoms. The van der Waals surface area contributed by atoms with Crippen LogP contribution in [0.5, 0.6) is 0 Å². The predicted octanol–water partition coefficient (Wildman–Crippen LogP) is 6.27. The monoisotopic (exact) mass is 447 g/mol. The Balaban J connectivity index is 1.51. The number of carbonyl (C=O) groups excluding carboxylic acids is 1. The highest BCUT2D eigenvalue weighted by atomic mass is 32.1. The Kier molecular flexibility index (Phi) is 6.61. The molecule has 0 fully saturated rings. The second kappa shape index (κ2) is 9.56. The highest BCUT2D eigenvalue weighted by Crippen LogP contribution is 2.29. The first-order valence-electron chi connectivity index (χ1n) is 10.2. The lowest BCUT2D eigenvalue weighted by Crippen LogP contribution is -2.32. The third-order valence-corrected chi connectivity index (χ3v) is 6.94. The van der Waals surface area contributed by atoms with Gasteiger partial charge in [0.1, 0.15) is 6.04 Å². The summed E-state index contributed by atoms with van der Waals surface area (Å²) in [6.45, 7) is 6.66. The second-order valence-electron chi connectivity index (χ2n) is 7.55. The van der Waals surface area contributed by atoms with E-state index in [0.717, 1.165) is 38.0 Å². The van der Waals surface area contributed by atoms with E-state index in [1.54, 1.807) is 22.7 Å². The van der Waals surface area contributed by atoms with E-state index in [-0.39, 0.29) is 5.91 Å². The first-order valence-corrected chi connectivity index (χ1v) is 11.9. The van der Waals surface area contributed by atoms with E-state index in [0.29, 0.717) is 6.54 Å². The number of aryl methyl sites for hydroxylation is 3. The zero-order valence-electron chi connectivity index (χ0n) is 17.8. The number of aromatic nitrogens is 1. The van der Waals surface area contributed by atoms with E-state index < -0.39 is 6.04 Å². The van der Waals surface area contributed by atoms with Crippen LogP contribution in [-0.4, -0.2) is 10.9 Å². The number of thiazole rings is 1. The van der Waals surface area contributed by atoms with Crippen molar-refractivity contribution < 1.29 is 4.79 Å². The molecule has 1 amide bonds. The molecular weight excluding hydrogens is 422 g/mol. The fourth-order valence-electron chi connectivity index (χ4n) is 3.37. The Morgan fingerprint density at radius 1 is 1.03 bits per heavy atom. The van der Waals surface area contributed by atoms with Crippen LogP contribution in [0.25, 0.3) is 10.6 Å². The van der Waals surface area contributed by atoms with Gasteiger partial charge in [0.05, 0.1) is 15.6 Å². The van der Waals surface area contributed by atoms with Crippen LogP contribution in [0.15, 0.2) is 66.0 Å². The van der Waals surface area contributed by atoms with Gasteiger partial charge in [-0.3, -0.25) is 10.1 Å². The van der Waals surface area contributed by atoms with E-state index in [4.69, 9.17) is 0 Å². The Bertz CT molecular complexity index is 1180. The van der Waals surface area contributed by atoms with Crippen molar-refractivity contribution in [3.8, 4) is 10.6 Å². The van der Waals surface area contributed by atoms with Crippen LogP contribution in [0.2, 0.25) is 0 Å². The van der Waals surface area contributed by atoms with Gasteiger partial charge in [-0.1, -0.05) is 42.5 Å². The molecule has 2 aromatic carbocycles. The zero-order chi connectivity index (χ0) is 21.8. The average molecular weight is 448 g/mol. The number of hydrogen-bond acceptors (Lipinski definition) is 5. The molecule has 0 aliphatic carbocycles. The van der Waals surface area contributed by atoms with Crippen molar-refractivity contribution in [3.63, 3.8) is 0 Å². The zero-order valence-corrected chi connectivity index (χ0v) is 19.4. The number of amides is 1. The number of carbonyl (C=O) groups is 1. The van der Waals surface area contributed by atoms with Gasteiger partial charge in [0.2, 0.25) is 5.91 Å². The molecule has 2 N–H and O–H groups in total. The standard InChI is InChI=1S/C25H25N3OS2/c1-16-9-10-17(2)21(13-16)28-25(29)24(19-7-5-4-6-8-19)26-14-20-11-12-23(31-20)22-15-30-18(3)27-22/h4-13,15,24,26H,14H2,1-3H3,(H,28,29)/t24-/m1/s1. The SMILES string of the molecule is Cc1ccc(C)c(NC(=O)[C@H](NCc2ccc(-c3csc(C)n3)s2)c2ccccc2)c1. The molecule has 0 saturated carbocycles. The van der Waals surface area contributed by atoms with Crippen LogP contribution in [0.4, 0.5) is 5.69 Å². The molecule has 2 aromatic heterocycles. The van der Waals surface area contributed by atoms with Gasteiger partial charge in [0, 0.05) is 22.5 Å². The van der Waals surface area contributed by atoms with Crippen LogP contribution in [0, 0.1) is 20.8 Å². The highest BCUT2D eigenvalue weighted by Gasteiger charge is 2.21. The molecule has 0 unspecified atom stereocenters. The molecule has 31 heavy (non-hydrogen) atoms. The number of nitrogens with zero attached hydrogens (tertiary/aromatic N) is 1. The number of anilines is 1. The number of benzene rings is 2. The summed E-state index contributed by atoms with van der Waals surface area (Å²) in [6, 6.07) is 19.7. The van der Waals surface area contributed by atoms with Crippen LogP contribution in [-0.2, 0) is 11.3 Å². The molecular formula is C25H25N3OS2.